The van der Waals surface area contributed by atoms with Crippen LogP contribution in [-0.4, -0.2) is 38.7 Å². The number of carbonyl (C=O) groups is 2. The second kappa shape index (κ2) is 7.93. The molecule has 1 amide bonds. The molecule has 0 spiro atoms. The Morgan fingerprint density at radius 2 is 2.06 bits per heavy atom. The third-order valence-corrected chi connectivity index (χ3v) is 5.82. The van der Waals surface area contributed by atoms with Crippen molar-refractivity contribution in [2.45, 2.75) is 24.8 Å². The minimum atomic E-state index is -1.21. The molecule has 4 aromatic rings. The molecule has 0 fully saturated rings. The first-order chi connectivity index (χ1) is 16.0. The van der Waals surface area contributed by atoms with E-state index in [0.717, 1.165) is 24.0 Å². The number of anilines is 2. The number of nitrogens with one attached hydrogen (secondary N) is 2. The highest BCUT2D eigenvalue weighted by Crippen LogP contribution is 2.41. The molecule has 11 heteroatoms. The largest absolute Gasteiger partial charge is 0.467 e. The zero-order chi connectivity index (χ0) is 23.0. The van der Waals surface area contributed by atoms with E-state index in [1.165, 1.54) is 25.6 Å². The van der Waals surface area contributed by atoms with Gasteiger partial charge in [-0.25, -0.2) is 9.48 Å². The van der Waals surface area contributed by atoms with Gasteiger partial charge in [0.05, 0.1) is 25.0 Å². The smallest absolute Gasteiger partial charge is 0.338 e. The van der Waals surface area contributed by atoms with Crippen LogP contribution in [-0.2, 0) is 21.5 Å². The standard InChI is InChI=1S/C22H21N7O4/c1-32-20(31)22(10-4-7-13-6-2-3-8-15(13)22)29-18-14(12-24-29)17(25-21(23)26-18)27-28-19(30)16-9-5-11-33-16/h2-3,5-6,8-9,11-12H,4,7,10H2,1H3,(H,28,30)(H3,23,25,26,27). The molecule has 1 aromatic carbocycles. The zero-order valence-corrected chi connectivity index (χ0v) is 17.7. The number of aromatic nitrogens is 4. The molecule has 5 rings (SSSR count). The van der Waals surface area contributed by atoms with E-state index in [4.69, 9.17) is 14.9 Å². The highest BCUT2D eigenvalue weighted by molar-refractivity contribution is 5.95. The normalized spacial score (nSPS) is 17.4. The Hall–Kier alpha value is -4.41. The van der Waals surface area contributed by atoms with Crippen LogP contribution >= 0.6 is 0 Å². The number of aryl methyl sites for hydroxylation is 1. The van der Waals surface area contributed by atoms with E-state index in [9.17, 15) is 9.59 Å². The van der Waals surface area contributed by atoms with Crippen LogP contribution in [0, 0.1) is 0 Å². The molecular formula is C22H21N7O4. The highest BCUT2D eigenvalue weighted by atomic mass is 16.5. The Morgan fingerprint density at radius 1 is 1.21 bits per heavy atom. The van der Waals surface area contributed by atoms with Gasteiger partial charge in [0.15, 0.2) is 22.8 Å². The number of esters is 1. The lowest BCUT2D eigenvalue weighted by molar-refractivity contribution is -0.150. The molecule has 0 aliphatic heterocycles. The van der Waals surface area contributed by atoms with Gasteiger partial charge in [-0.2, -0.15) is 15.1 Å². The van der Waals surface area contributed by atoms with Gasteiger partial charge in [-0.1, -0.05) is 24.3 Å². The van der Waals surface area contributed by atoms with Gasteiger partial charge in [0, 0.05) is 0 Å². The minimum Gasteiger partial charge on any atom is -0.467 e. The van der Waals surface area contributed by atoms with Crippen molar-refractivity contribution in [3.63, 3.8) is 0 Å². The molecule has 33 heavy (non-hydrogen) atoms. The Morgan fingerprint density at radius 3 is 2.85 bits per heavy atom. The molecule has 0 radical (unpaired) electrons. The number of hydrogen-bond acceptors (Lipinski definition) is 9. The second-order valence-electron chi connectivity index (χ2n) is 7.64. The summed E-state index contributed by atoms with van der Waals surface area (Å²) >= 11 is 0. The molecule has 3 heterocycles. The van der Waals surface area contributed by atoms with Gasteiger partial charge in [-0.3, -0.25) is 15.6 Å². The fraction of sp³-hybridized carbons (Fsp3) is 0.227. The SMILES string of the molecule is COC(=O)C1(n2ncc3c(NNC(=O)c4ccco4)nc(N)nc32)CCCc2ccccc21. The average Bonchev–Trinajstić information content (AvgIpc) is 3.52. The number of nitrogen functional groups attached to an aromatic ring is 1. The molecule has 1 unspecified atom stereocenters. The van der Waals surface area contributed by atoms with Crippen molar-refractivity contribution in [1.82, 2.24) is 25.2 Å². The van der Waals surface area contributed by atoms with Crippen molar-refractivity contribution in [1.29, 1.82) is 0 Å². The lowest BCUT2D eigenvalue weighted by atomic mass is 9.76. The van der Waals surface area contributed by atoms with Crippen LogP contribution in [0.5, 0.6) is 0 Å². The zero-order valence-electron chi connectivity index (χ0n) is 17.7. The maximum Gasteiger partial charge on any atom is 0.338 e. The molecule has 1 atom stereocenters. The van der Waals surface area contributed by atoms with Crippen LogP contribution in [0.4, 0.5) is 11.8 Å². The molecule has 168 valence electrons. The van der Waals surface area contributed by atoms with Crippen LogP contribution in [0.1, 0.15) is 34.5 Å². The Kier molecular flexibility index (Phi) is 4.93. The van der Waals surface area contributed by atoms with Gasteiger partial charge in [-0.05, 0) is 42.5 Å². The van der Waals surface area contributed by atoms with E-state index < -0.39 is 17.4 Å². The number of rotatable bonds is 5. The Balaban J connectivity index is 1.62. The average molecular weight is 447 g/mol. The first kappa shape index (κ1) is 20.5. The predicted octanol–water partition coefficient (Wildman–Crippen LogP) is 2.01. The van der Waals surface area contributed by atoms with Crippen LogP contribution in [0.2, 0.25) is 0 Å². The summed E-state index contributed by atoms with van der Waals surface area (Å²) in [7, 11) is 1.35. The number of hydrogen-bond donors (Lipinski definition) is 3. The number of nitrogens with zero attached hydrogens (tertiary/aromatic N) is 4. The predicted molar refractivity (Wildman–Crippen MR) is 118 cm³/mol. The van der Waals surface area contributed by atoms with Crippen molar-refractivity contribution in [3.05, 3.63) is 65.7 Å². The van der Waals surface area contributed by atoms with Gasteiger partial charge >= 0.3 is 11.9 Å². The molecular weight excluding hydrogens is 426 g/mol. The number of nitrogens with two attached hydrogens (primary N) is 1. The van der Waals surface area contributed by atoms with E-state index in [1.807, 2.05) is 24.3 Å². The van der Waals surface area contributed by atoms with Crippen molar-refractivity contribution in [3.8, 4) is 0 Å². The molecule has 1 aliphatic rings. The number of carbonyl (C=O) groups excluding carboxylic acids is 2. The topological polar surface area (TPSA) is 150 Å². The maximum atomic E-state index is 13.3. The van der Waals surface area contributed by atoms with Gasteiger partial charge in [0.25, 0.3) is 0 Å². The van der Waals surface area contributed by atoms with Gasteiger partial charge in [0.1, 0.15) is 0 Å². The quantitative estimate of drug-likeness (QED) is 0.308. The first-order valence-electron chi connectivity index (χ1n) is 10.3. The summed E-state index contributed by atoms with van der Waals surface area (Å²) in [5.74, 6) is -0.641. The lowest BCUT2D eigenvalue weighted by Crippen LogP contribution is -2.47. The number of amides is 1. The van der Waals surface area contributed by atoms with Gasteiger partial charge in [-0.15, -0.1) is 0 Å². The summed E-state index contributed by atoms with van der Waals surface area (Å²) in [5.41, 5.74) is 12.2. The number of fused-ring (bicyclic) bond motifs is 2. The van der Waals surface area contributed by atoms with E-state index in [-0.39, 0.29) is 17.5 Å². The molecule has 4 N–H and O–H groups in total. The maximum absolute atomic E-state index is 13.3. The third-order valence-electron chi connectivity index (χ3n) is 5.82. The molecule has 0 bridgehead atoms. The van der Waals surface area contributed by atoms with Crippen molar-refractivity contribution >= 4 is 34.7 Å². The molecule has 1 aliphatic carbocycles. The monoisotopic (exact) mass is 447 g/mol. The summed E-state index contributed by atoms with van der Waals surface area (Å²) in [5, 5.41) is 4.99. The molecule has 0 saturated heterocycles. The number of methoxy groups -OCH3 is 1. The van der Waals surface area contributed by atoms with E-state index >= 15 is 0 Å². The van der Waals surface area contributed by atoms with Gasteiger partial charge in [0.2, 0.25) is 5.95 Å². The summed E-state index contributed by atoms with van der Waals surface area (Å²) < 4.78 is 11.9. The van der Waals surface area contributed by atoms with Crippen LogP contribution in [0.3, 0.4) is 0 Å². The molecule has 11 nitrogen and oxygen atoms in total. The number of benzene rings is 1. The summed E-state index contributed by atoms with van der Waals surface area (Å²) in [6, 6.07) is 10.9. The lowest BCUT2D eigenvalue weighted by Gasteiger charge is -2.36. The van der Waals surface area contributed by atoms with E-state index in [0.29, 0.717) is 17.5 Å². The molecule has 3 aromatic heterocycles. The fourth-order valence-corrected chi connectivity index (χ4v) is 4.38. The van der Waals surface area contributed by atoms with E-state index in [2.05, 4.69) is 25.9 Å². The second-order valence-corrected chi connectivity index (χ2v) is 7.64. The minimum absolute atomic E-state index is 0.0527. The van der Waals surface area contributed by atoms with Crippen LogP contribution in [0.25, 0.3) is 11.0 Å². The summed E-state index contributed by atoms with van der Waals surface area (Å²) in [6.45, 7) is 0. The van der Waals surface area contributed by atoms with Gasteiger partial charge < -0.3 is 14.9 Å². The first-order valence-corrected chi connectivity index (χ1v) is 10.3. The van der Waals surface area contributed by atoms with Crippen LogP contribution < -0.4 is 16.6 Å². The Labute approximate surface area is 187 Å². The summed E-state index contributed by atoms with van der Waals surface area (Å²) in [6.07, 6.45) is 5.01. The fourth-order valence-electron chi connectivity index (χ4n) is 4.38. The Bertz CT molecular complexity index is 1350. The highest BCUT2D eigenvalue weighted by Gasteiger charge is 2.48. The molecule has 0 saturated carbocycles. The van der Waals surface area contributed by atoms with Crippen molar-refractivity contribution in [2.24, 2.45) is 0 Å². The van der Waals surface area contributed by atoms with Crippen molar-refractivity contribution < 1.29 is 18.7 Å². The van der Waals surface area contributed by atoms with Crippen LogP contribution in [0.15, 0.2) is 53.3 Å². The van der Waals surface area contributed by atoms with E-state index in [1.54, 1.807) is 10.7 Å². The summed E-state index contributed by atoms with van der Waals surface area (Å²) in [4.78, 5) is 34.1. The van der Waals surface area contributed by atoms with Crippen molar-refractivity contribution in [2.75, 3.05) is 18.3 Å². The third kappa shape index (κ3) is 3.25. The number of ether oxygens (including phenoxy) is 1. The number of furan rings is 1. The number of hydrazine groups is 1.